The molecule has 0 spiro atoms. The lowest BCUT2D eigenvalue weighted by Crippen LogP contribution is -2.54. The summed E-state index contributed by atoms with van der Waals surface area (Å²) in [5.41, 5.74) is 2.27. The Bertz CT molecular complexity index is 592. The molecule has 0 aromatic carbocycles. The second-order valence-electron chi connectivity index (χ2n) is 6.11. The molecular weight excluding hydrogens is 314 g/mol. The van der Waals surface area contributed by atoms with E-state index in [0.717, 1.165) is 41.4 Å². The van der Waals surface area contributed by atoms with Crippen molar-refractivity contribution >= 4 is 23.6 Å². The highest BCUT2D eigenvalue weighted by atomic mass is 32.2. The molecule has 23 heavy (non-hydrogen) atoms. The highest BCUT2D eigenvalue weighted by molar-refractivity contribution is 7.98. The molecule has 126 valence electrons. The van der Waals surface area contributed by atoms with Gasteiger partial charge in [0.05, 0.1) is 12.0 Å². The summed E-state index contributed by atoms with van der Waals surface area (Å²) in [7, 11) is 0. The second-order valence-corrected chi connectivity index (χ2v) is 6.89. The predicted molar refractivity (Wildman–Crippen MR) is 88.6 cm³/mol. The molecule has 1 aliphatic carbocycles. The number of carboxylic acids is 1. The number of carboxylic acid groups (broad SMARTS) is 1. The van der Waals surface area contributed by atoms with Crippen LogP contribution in [-0.4, -0.2) is 38.7 Å². The van der Waals surface area contributed by atoms with Crippen LogP contribution in [0.2, 0.25) is 0 Å². The highest BCUT2D eigenvalue weighted by Crippen LogP contribution is 2.35. The standard InChI is InChI=1S/C16H23N3O3S/c1-10-12(11(2)18-15(17-10)23-3)5-6-13(20)19-16(7-4-8-16)9-14(21)22/h4-9H2,1-3H3,(H,19,20)(H,21,22). The smallest absolute Gasteiger partial charge is 0.305 e. The normalized spacial score (nSPS) is 15.8. The summed E-state index contributed by atoms with van der Waals surface area (Å²) in [5.74, 6) is -0.962. The van der Waals surface area contributed by atoms with Crippen molar-refractivity contribution in [2.45, 2.75) is 63.1 Å². The van der Waals surface area contributed by atoms with Crippen molar-refractivity contribution in [3.63, 3.8) is 0 Å². The van der Waals surface area contributed by atoms with Crippen LogP contribution in [-0.2, 0) is 16.0 Å². The number of aliphatic carboxylic acids is 1. The Kier molecular flexibility index (Phi) is 5.62. The molecule has 0 atom stereocenters. The third-order valence-electron chi connectivity index (χ3n) is 4.39. The monoisotopic (exact) mass is 337 g/mol. The maximum atomic E-state index is 12.2. The summed E-state index contributed by atoms with van der Waals surface area (Å²) in [6, 6.07) is 0. The van der Waals surface area contributed by atoms with Gasteiger partial charge < -0.3 is 10.4 Å². The molecule has 1 aromatic heterocycles. The van der Waals surface area contributed by atoms with Crippen molar-refractivity contribution < 1.29 is 14.7 Å². The molecule has 1 aliphatic rings. The van der Waals surface area contributed by atoms with Gasteiger partial charge in [0, 0.05) is 17.8 Å². The fourth-order valence-corrected chi connectivity index (χ4v) is 3.45. The number of nitrogens with one attached hydrogen (secondary N) is 1. The van der Waals surface area contributed by atoms with Gasteiger partial charge in [-0.3, -0.25) is 9.59 Å². The van der Waals surface area contributed by atoms with Gasteiger partial charge in [-0.25, -0.2) is 9.97 Å². The molecule has 1 aromatic rings. The first-order valence-corrected chi connectivity index (χ1v) is 8.98. The summed E-state index contributed by atoms with van der Waals surface area (Å²) >= 11 is 1.50. The van der Waals surface area contributed by atoms with Gasteiger partial charge in [0.15, 0.2) is 5.16 Å². The Balaban J connectivity index is 1.96. The summed E-state index contributed by atoms with van der Waals surface area (Å²) < 4.78 is 0. The van der Waals surface area contributed by atoms with Gasteiger partial charge in [-0.1, -0.05) is 11.8 Å². The van der Waals surface area contributed by atoms with E-state index in [-0.39, 0.29) is 12.3 Å². The lowest BCUT2D eigenvalue weighted by molar-refractivity contribution is -0.140. The van der Waals surface area contributed by atoms with E-state index in [1.54, 1.807) is 0 Å². The van der Waals surface area contributed by atoms with E-state index in [9.17, 15) is 9.59 Å². The fraction of sp³-hybridized carbons (Fsp3) is 0.625. The average molecular weight is 337 g/mol. The van der Waals surface area contributed by atoms with E-state index in [1.165, 1.54) is 11.8 Å². The van der Waals surface area contributed by atoms with Crippen molar-refractivity contribution in [2.24, 2.45) is 0 Å². The molecule has 0 unspecified atom stereocenters. The molecule has 1 fully saturated rings. The second kappa shape index (κ2) is 7.29. The largest absolute Gasteiger partial charge is 0.481 e. The molecule has 0 aliphatic heterocycles. The van der Waals surface area contributed by atoms with Crippen LogP contribution in [0.3, 0.4) is 0 Å². The SMILES string of the molecule is CSc1nc(C)c(CCC(=O)NC2(CC(=O)O)CCC2)c(C)n1. The molecule has 1 amide bonds. The minimum Gasteiger partial charge on any atom is -0.481 e. The highest BCUT2D eigenvalue weighted by Gasteiger charge is 2.40. The average Bonchev–Trinajstić information content (AvgIpc) is 2.43. The van der Waals surface area contributed by atoms with E-state index in [4.69, 9.17) is 5.11 Å². The van der Waals surface area contributed by atoms with E-state index in [2.05, 4.69) is 15.3 Å². The predicted octanol–water partition coefficient (Wildman–Crippen LogP) is 2.26. The fourth-order valence-electron chi connectivity index (χ4n) is 3.00. The summed E-state index contributed by atoms with van der Waals surface area (Å²) in [6.45, 7) is 3.86. The molecular formula is C16H23N3O3S. The molecule has 2 N–H and O–H groups in total. The number of aromatic nitrogens is 2. The number of aryl methyl sites for hydroxylation is 2. The zero-order valence-electron chi connectivity index (χ0n) is 13.8. The number of thioether (sulfide) groups is 1. The number of rotatable bonds is 7. The van der Waals surface area contributed by atoms with Crippen LogP contribution in [0.15, 0.2) is 5.16 Å². The number of carbonyl (C=O) groups excluding carboxylic acids is 1. The maximum absolute atomic E-state index is 12.2. The van der Waals surface area contributed by atoms with Crippen LogP contribution < -0.4 is 5.32 Å². The van der Waals surface area contributed by atoms with Gasteiger partial charge in [0.2, 0.25) is 5.91 Å². The van der Waals surface area contributed by atoms with Crippen LogP contribution in [0.5, 0.6) is 0 Å². The van der Waals surface area contributed by atoms with Gasteiger partial charge in [-0.2, -0.15) is 0 Å². The van der Waals surface area contributed by atoms with E-state index < -0.39 is 11.5 Å². The molecule has 1 heterocycles. The molecule has 0 bridgehead atoms. The maximum Gasteiger partial charge on any atom is 0.305 e. The minimum atomic E-state index is -0.863. The number of nitrogens with zero attached hydrogens (tertiary/aromatic N) is 2. The first kappa shape index (κ1) is 17.7. The lowest BCUT2D eigenvalue weighted by atomic mass is 9.74. The molecule has 7 heteroatoms. The van der Waals surface area contributed by atoms with Gasteiger partial charge >= 0.3 is 5.97 Å². The van der Waals surface area contributed by atoms with Crippen molar-refractivity contribution in [1.29, 1.82) is 0 Å². The Morgan fingerprint density at radius 2 is 1.87 bits per heavy atom. The quantitative estimate of drug-likeness (QED) is 0.586. The van der Waals surface area contributed by atoms with Gasteiger partial charge in [-0.15, -0.1) is 0 Å². The topological polar surface area (TPSA) is 92.2 Å². The first-order valence-electron chi connectivity index (χ1n) is 7.76. The summed E-state index contributed by atoms with van der Waals surface area (Å²) in [6.07, 6.45) is 5.29. The van der Waals surface area contributed by atoms with Crippen molar-refractivity contribution in [3.8, 4) is 0 Å². The number of carbonyl (C=O) groups is 2. The molecule has 6 nitrogen and oxygen atoms in total. The summed E-state index contributed by atoms with van der Waals surface area (Å²) in [5, 5.41) is 12.7. The van der Waals surface area contributed by atoms with Gasteiger partial charge in [-0.05, 0) is 51.3 Å². The zero-order chi connectivity index (χ0) is 17.0. The van der Waals surface area contributed by atoms with Crippen molar-refractivity contribution in [1.82, 2.24) is 15.3 Å². The Morgan fingerprint density at radius 3 is 2.30 bits per heavy atom. The van der Waals surface area contributed by atoms with Gasteiger partial charge in [0.25, 0.3) is 0 Å². The third-order valence-corrected chi connectivity index (χ3v) is 4.94. The lowest BCUT2D eigenvalue weighted by Gasteiger charge is -2.41. The van der Waals surface area contributed by atoms with Crippen LogP contribution >= 0.6 is 11.8 Å². The van der Waals surface area contributed by atoms with E-state index >= 15 is 0 Å². The molecule has 0 saturated heterocycles. The first-order chi connectivity index (χ1) is 10.8. The zero-order valence-corrected chi connectivity index (χ0v) is 14.6. The number of hydrogen-bond acceptors (Lipinski definition) is 5. The Labute approximate surface area is 140 Å². The van der Waals surface area contributed by atoms with E-state index in [0.29, 0.717) is 12.8 Å². The Morgan fingerprint density at radius 1 is 1.26 bits per heavy atom. The van der Waals surface area contributed by atoms with Crippen molar-refractivity contribution in [3.05, 3.63) is 17.0 Å². The third kappa shape index (κ3) is 4.43. The summed E-state index contributed by atoms with van der Waals surface area (Å²) in [4.78, 5) is 32.0. The minimum absolute atomic E-state index is 0.00231. The van der Waals surface area contributed by atoms with Crippen molar-refractivity contribution in [2.75, 3.05) is 6.26 Å². The Hall–Kier alpha value is -1.63. The molecule has 1 saturated carbocycles. The molecule has 2 rings (SSSR count). The van der Waals surface area contributed by atoms with Crippen LogP contribution in [0.1, 0.15) is 49.1 Å². The van der Waals surface area contributed by atoms with E-state index in [1.807, 2.05) is 20.1 Å². The molecule has 0 radical (unpaired) electrons. The van der Waals surface area contributed by atoms with Crippen LogP contribution in [0.25, 0.3) is 0 Å². The van der Waals surface area contributed by atoms with Gasteiger partial charge in [0.1, 0.15) is 0 Å². The number of amides is 1. The van der Waals surface area contributed by atoms with Crippen LogP contribution in [0, 0.1) is 13.8 Å². The van der Waals surface area contributed by atoms with Crippen LogP contribution in [0.4, 0.5) is 0 Å². The number of hydrogen-bond donors (Lipinski definition) is 2.